The van der Waals surface area contributed by atoms with Crippen LogP contribution in [0, 0.1) is 10.1 Å². The molecule has 0 atom stereocenters. The second-order valence-corrected chi connectivity index (χ2v) is 6.11. The van der Waals surface area contributed by atoms with Gasteiger partial charge in [0.15, 0.2) is 0 Å². The van der Waals surface area contributed by atoms with Crippen molar-refractivity contribution in [1.82, 2.24) is 4.90 Å². The lowest BCUT2D eigenvalue weighted by Crippen LogP contribution is -2.31. The number of nitro groups is 1. The van der Waals surface area contributed by atoms with Gasteiger partial charge in [0.05, 0.1) is 4.92 Å². The van der Waals surface area contributed by atoms with Crippen molar-refractivity contribution < 1.29 is 9.72 Å². The van der Waals surface area contributed by atoms with Crippen LogP contribution in [0.5, 0.6) is 0 Å². The number of anilines is 1. The largest absolute Gasteiger partial charge is 0.377 e. The Bertz CT molecular complexity index is 576. The molecule has 1 heterocycles. The number of rotatable bonds is 4. The average molecular weight is 303 g/mol. The van der Waals surface area contributed by atoms with Gasteiger partial charge in [-0.15, -0.1) is 0 Å². The molecule has 0 bridgehead atoms. The van der Waals surface area contributed by atoms with Gasteiger partial charge in [-0.05, 0) is 37.8 Å². The van der Waals surface area contributed by atoms with E-state index in [1.807, 2.05) is 4.90 Å². The van der Waals surface area contributed by atoms with Crippen LogP contribution in [-0.2, 0) is 0 Å². The number of nitrogens with zero attached hydrogens (tertiary/aromatic N) is 2. The molecule has 2 fully saturated rings. The summed E-state index contributed by atoms with van der Waals surface area (Å²) in [5.41, 5.74) is 0.919. The summed E-state index contributed by atoms with van der Waals surface area (Å²) in [5, 5.41) is 14.4. The number of hydrogen-bond donors (Lipinski definition) is 1. The van der Waals surface area contributed by atoms with E-state index in [1.165, 1.54) is 6.07 Å². The van der Waals surface area contributed by atoms with Gasteiger partial charge in [-0.1, -0.05) is 12.8 Å². The standard InChI is InChI=1S/C16H21N3O3/c20-16(18-9-3-1-2-4-10-18)12-5-8-14(17-13-6-7-13)15(11-12)19(21)22/h5,8,11,13,17H,1-4,6-7,9-10H2. The second kappa shape index (κ2) is 6.34. The van der Waals surface area contributed by atoms with E-state index in [1.54, 1.807) is 12.1 Å². The molecule has 1 aromatic rings. The monoisotopic (exact) mass is 303 g/mol. The van der Waals surface area contributed by atoms with Crippen LogP contribution in [0.3, 0.4) is 0 Å². The number of benzene rings is 1. The highest BCUT2D eigenvalue weighted by Crippen LogP contribution is 2.32. The summed E-state index contributed by atoms with van der Waals surface area (Å²) in [4.78, 5) is 25.2. The first-order valence-corrected chi connectivity index (χ1v) is 7.99. The van der Waals surface area contributed by atoms with Gasteiger partial charge in [-0.25, -0.2) is 0 Å². The number of amides is 1. The first-order valence-electron chi connectivity index (χ1n) is 7.99. The van der Waals surface area contributed by atoms with Crippen molar-refractivity contribution in [2.75, 3.05) is 18.4 Å². The molecule has 0 spiro atoms. The van der Waals surface area contributed by atoms with Crippen LogP contribution in [0.4, 0.5) is 11.4 Å². The molecule has 1 amide bonds. The summed E-state index contributed by atoms with van der Waals surface area (Å²) in [6.07, 6.45) is 6.41. The fourth-order valence-corrected chi connectivity index (χ4v) is 2.84. The molecule has 1 N–H and O–H groups in total. The Morgan fingerprint density at radius 1 is 1.18 bits per heavy atom. The minimum absolute atomic E-state index is 0.00688. The Hall–Kier alpha value is -2.11. The number of likely N-dealkylation sites (tertiary alicyclic amines) is 1. The minimum Gasteiger partial charge on any atom is -0.377 e. The molecule has 3 rings (SSSR count). The number of hydrogen-bond acceptors (Lipinski definition) is 4. The second-order valence-electron chi connectivity index (χ2n) is 6.11. The van der Waals surface area contributed by atoms with Gasteiger partial charge >= 0.3 is 0 Å². The lowest BCUT2D eigenvalue weighted by molar-refractivity contribution is -0.384. The van der Waals surface area contributed by atoms with Crippen molar-refractivity contribution in [2.45, 2.75) is 44.6 Å². The molecule has 118 valence electrons. The minimum atomic E-state index is -0.413. The van der Waals surface area contributed by atoms with Crippen LogP contribution in [-0.4, -0.2) is 34.9 Å². The van der Waals surface area contributed by atoms with E-state index in [4.69, 9.17) is 0 Å². The molecule has 22 heavy (non-hydrogen) atoms. The Balaban J connectivity index is 1.81. The number of nitro benzene ring substituents is 1. The van der Waals surface area contributed by atoms with Gasteiger partial charge in [0.25, 0.3) is 11.6 Å². The molecule has 0 aromatic heterocycles. The summed E-state index contributed by atoms with van der Waals surface area (Å²) in [7, 11) is 0. The third-order valence-electron chi connectivity index (χ3n) is 4.27. The zero-order chi connectivity index (χ0) is 15.5. The van der Waals surface area contributed by atoms with Gasteiger partial charge < -0.3 is 10.2 Å². The van der Waals surface area contributed by atoms with Crippen LogP contribution < -0.4 is 5.32 Å². The maximum Gasteiger partial charge on any atom is 0.293 e. The highest BCUT2D eigenvalue weighted by atomic mass is 16.6. The predicted octanol–water partition coefficient (Wildman–Crippen LogP) is 3.19. The van der Waals surface area contributed by atoms with Crippen LogP contribution in [0.2, 0.25) is 0 Å². The zero-order valence-corrected chi connectivity index (χ0v) is 12.6. The lowest BCUT2D eigenvalue weighted by atomic mass is 10.1. The van der Waals surface area contributed by atoms with Gasteiger partial charge in [-0.3, -0.25) is 14.9 Å². The lowest BCUT2D eigenvalue weighted by Gasteiger charge is -2.20. The van der Waals surface area contributed by atoms with E-state index in [0.717, 1.165) is 51.6 Å². The molecule has 1 aliphatic carbocycles. The molecule has 1 aliphatic heterocycles. The third-order valence-corrected chi connectivity index (χ3v) is 4.27. The smallest absolute Gasteiger partial charge is 0.293 e. The fourth-order valence-electron chi connectivity index (χ4n) is 2.84. The molecule has 0 unspecified atom stereocenters. The summed E-state index contributed by atoms with van der Waals surface area (Å²) < 4.78 is 0. The highest BCUT2D eigenvalue weighted by Gasteiger charge is 2.26. The van der Waals surface area contributed by atoms with Crippen molar-refractivity contribution >= 4 is 17.3 Å². The first kappa shape index (κ1) is 14.8. The number of carbonyl (C=O) groups excluding carboxylic acids is 1. The van der Waals surface area contributed by atoms with Crippen molar-refractivity contribution in [3.63, 3.8) is 0 Å². The fraction of sp³-hybridized carbons (Fsp3) is 0.562. The van der Waals surface area contributed by atoms with Crippen LogP contribution in [0.1, 0.15) is 48.9 Å². The van der Waals surface area contributed by atoms with Crippen LogP contribution >= 0.6 is 0 Å². The van der Waals surface area contributed by atoms with E-state index < -0.39 is 4.92 Å². The Labute approximate surface area is 129 Å². The van der Waals surface area contributed by atoms with Crippen LogP contribution in [0.15, 0.2) is 18.2 Å². The predicted molar refractivity (Wildman–Crippen MR) is 84.1 cm³/mol. The molecule has 1 saturated heterocycles. The Morgan fingerprint density at radius 2 is 1.86 bits per heavy atom. The SMILES string of the molecule is O=C(c1ccc(NC2CC2)c([N+](=O)[O-])c1)N1CCCCCC1. The maximum absolute atomic E-state index is 12.6. The molecule has 2 aliphatic rings. The van der Waals surface area contributed by atoms with Gasteiger partial charge in [0.2, 0.25) is 0 Å². The van der Waals surface area contributed by atoms with E-state index in [-0.39, 0.29) is 11.6 Å². The molecular weight excluding hydrogens is 282 g/mol. The summed E-state index contributed by atoms with van der Waals surface area (Å²) >= 11 is 0. The summed E-state index contributed by atoms with van der Waals surface area (Å²) in [6.45, 7) is 1.49. The third kappa shape index (κ3) is 3.37. The van der Waals surface area contributed by atoms with Crippen molar-refractivity contribution in [3.8, 4) is 0 Å². The average Bonchev–Trinajstić information content (AvgIpc) is 3.33. The number of nitrogens with one attached hydrogen (secondary N) is 1. The summed E-state index contributed by atoms with van der Waals surface area (Å²) in [5.74, 6) is -0.0945. The Kier molecular flexibility index (Phi) is 4.27. The van der Waals surface area contributed by atoms with E-state index in [2.05, 4.69) is 5.32 Å². The van der Waals surface area contributed by atoms with Crippen LogP contribution in [0.25, 0.3) is 0 Å². The molecular formula is C16H21N3O3. The molecule has 1 saturated carbocycles. The van der Waals surface area contributed by atoms with Crippen molar-refractivity contribution in [3.05, 3.63) is 33.9 Å². The maximum atomic E-state index is 12.6. The van der Waals surface area contributed by atoms with Gasteiger partial charge in [-0.2, -0.15) is 0 Å². The quantitative estimate of drug-likeness (QED) is 0.684. The van der Waals surface area contributed by atoms with Gasteiger partial charge in [0, 0.05) is 30.8 Å². The van der Waals surface area contributed by atoms with E-state index >= 15 is 0 Å². The van der Waals surface area contributed by atoms with E-state index in [9.17, 15) is 14.9 Å². The zero-order valence-electron chi connectivity index (χ0n) is 12.6. The molecule has 6 heteroatoms. The molecule has 6 nitrogen and oxygen atoms in total. The van der Waals surface area contributed by atoms with Crippen molar-refractivity contribution in [1.29, 1.82) is 0 Å². The molecule has 1 aromatic carbocycles. The number of carbonyl (C=O) groups is 1. The first-order chi connectivity index (χ1) is 10.6. The Morgan fingerprint density at radius 3 is 2.45 bits per heavy atom. The van der Waals surface area contributed by atoms with E-state index in [0.29, 0.717) is 17.3 Å². The highest BCUT2D eigenvalue weighted by molar-refractivity contribution is 5.95. The van der Waals surface area contributed by atoms with Gasteiger partial charge in [0.1, 0.15) is 5.69 Å². The topological polar surface area (TPSA) is 75.5 Å². The molecule has 0 radical (unpaired) electrons. The summed E-state index contributed by atoms with van der Waals surface area (Å²) in [6, 6.07) is 5.12. The van der Waals surface area contributed by atoms with Crippen molar-refractivity contribution in [2.24, 2.45) is 0 Å². The normalized spacial score (nSPS) is 18.6.